The Morgan fingerprint density at radius 2 is 2.22 bits per heavy atom. The number of nitro groups is 1. The van der Waals surface area contributed by atoms with Gasteiger partial charge in [0.05, 0.1) is 23.7 Å². The molecule has 1 heterocycles. The normalized spacial score (nSPS) is 15.6. The summed E-state index contributed by atoms with van der Waals surface area (Å²) in [7, 11) is 1.67. The van der Waals surface area contributed by atoms with Gasteiger partial charge in [-0.05, 0) is 18.8 Å². The molecule has 0 radical (unpaired) electrons. The van der Waals surface area contributed by atoms with E-state index in [-0.39, 0.29) is 5.69 Å². The molecular weight excluding hydrogens is 234 g/mol. The Kier molecular flexibility index (Phi) is 3.96. The van der Waals surface area contributed by atoms with Crippen molar-refractivity contribution in [1.82, 2.24) is 4.98 Å². The van der Waals surface area contributed by atoms with Crippen LogP contribution in [0.1, 0.15) is 25.7 Å². The Labute approximate surface area is 106 Å². The standard InChI is InChI=1S/C12H17N3O3/c1-13-11-6-10(15(16)17)7-12(14-11)18-8-9-4-2-3-5-9/h6-7,9H,2-5,8H2,1H3,(H,13,14). The summed E-state index contributed by atoms with van der Waals surface area (Å²) in [5, 5.41) is 13.6. The lowest BCUT2D eigenvalue weighted by Crippen LogP contribution is -2.09. The lowest BCUT2D eigenvalue weighted by atomic mass is 10.1. The van der Waals surface area contributed by atoms with Gasteiger partial charge in [0.1, 0.15) is 5.82 Å². The number of rotatable bonds is 5. The molecule has 98 valence electrons. The van der Waals surface area contributed by atoms with Gasteiger partial charge in [-0.15, -0.1) is 0 Å². The van der Waals surface area contributed by atoms with Crippen LogP contribution in [0, 0.1) is 16.0 Å². The minimum atomic E-state index is -0.440. The maximum Gasteiger partial charge on any atom is 0.278 e. The Balaban J connectivity index is 2.05. The number of anilines is 1. The van der Waals surface area contributed by atoms with Gasteiger partial charge < -0.3 is 10.1 Å². The lowest BCUT2D eigenvalue weighted by Gasteiger charge is -2.11. The fraction of sp³-hybridized carbons (Fsp3) is 0.583. The van der Waals surface area contributed by atoms with Crippen molar-refractivity contribution in [2.45, 2.75) is 25.7 Å². The summed E-state index contributed by atoms with van der Waals surface area (Å²) >= 11 is 0. The first kappa shape index (κ1) is 12.6. The van der Waals surface area contributed by atoms with Crippen LogP contribution in [-0.2, 0) is 0 Å². The molecule has 0 amide bonds. The first-order valence-electron chi connectivity index (χ1n) is 6.16. The van der Waals surface area contributed by atoms with Crippen LogP contribution in [-0.4, -0.2) is 23.6 Å². The molecule has 0 unspecified atom stereocenters. The number of nitrogens with one attached hydrogen (secondary N) is 1. The van der Waals surface area contributed by atoms with Crippen molar-refractivity contribution >= 4 is 11.5 Å². The lowest BCUT2D eigenvalue weighted by molar-refractivity contribution is -0.384. The smallest absolute Gasteiger partial charge is 0.278 e. The maximum atomic E-state index is 10.8. The zero-order valence-corrected chi connectivity index (χ0v) is 10.4. The summed E-state index contributed by atoms with van der Waals surface area (Å²) in [5.74, 6) is 1.33. The summed E-state index contributed by atoms with van der Waals surface area (Å²) in [6.07, 6.45) is 4.85. The fourth-order valence-electron chi connectivity index (χ4n) is 2.18. The number of aromatic nitrogens is 1. The third-order valence-electron chi connectivity index (χ3n) is 3.20. The molecule has 1 aliphatic rings. The van der Waals surface area contributed by atoms with E-state index in [9.17, 15) is 10.1 Å². The van der Waals surface area contributed by atoms with Crippen molar-refractivity contribution in [1.29, 1.82) is 0 Å². The third kappa shape index (κ3) is 3.09. The van der Waals surface area contributed by atoms with Crippen molar-refractivity contribution in [2.24, 2.45) is 5.92 Å². The van der Waals surface area contributed by atoms with Gasteiger partial charge in [0.15, 0.2) is 0 Å². The first-order valence-corrected chi connectivity index (χ1v) is 6.16. The average Bonchev–Trinajstić information content (AvgIpc) is 2.89. The van der Waals surface area contributed by atoms with Gasteiger partial charge in [0.25, 0.3) is 5.69 Å². The van der Waals surface area contributed by atoms with E-state index in [2.05, 4.69) is 10.3 Å². The first-order chi connectivity index (χ1) is 8.69. The molecular formula is C12H17N3O3. The maximum absolute atomic E-state index is 10.8. The average molecular weight is 251 g/mol. The molecule has 1 fully saturated rings. The van der Waals surface area contributed by atoms with Crippen molar-refractivity contribution < 1.29 is 9.66 Å². The van der Waals surface area contributed by atoms with Gasteiger partial charge >= 0.3 is 0 Å². The summed E-state index contributed by atoms with van der Waals surface area (Å²) < 4.78 is 5.57. The van der Waals surface area contributed by atoms with Crippen molar-refractivity contribution in [2.75, 3.05) is 19.0 Å². The predicted octanol–water partition coefficient (Wildman–Crippen LogP) is 2.60. The highest BCUT2D eigenvalue weighted by molar-refractivity contribution is 5.47. The van der Waals surface area contributed by atoms with E-state index in [0.717, 1.165) is 0 Å². The fourth-order valence-corrected chi connectivity index (χ4v) is 2.18. The van der Waals surface area contributed by atoms with Gasteiger partial charge in [0.2, 0.25) is 5.88 Å². The monoisotopic (exact) mass is 251 g/mol. The van der Waals surface area contributed by atoms with E-state index in [1.807, 2.05) is 0 Å². The summed E-state index contributed by atoms with van der Waals surface area (Å²) in [5.41, 5.74) is -0.00391. The number of ether oxygens (including phenoxy) is 1. The highest BCUT2D eigenvalue weighted by atomic mass is 16.6. The highest BCUT2D eigenvalue weighted by Crippen LogP contribution is 2.27. The molecule has 6 heteroatoms. The molecule has 0 saturated heterocycles. The van der Waals surface area contributed by atoms with Crippen molar-refractivity contribution in [3.8, 4) is 5.88 Å². The number of nitrogens with zero attached hydrogens (tertiary/aromatic N) is 2. The van der Waals surface area contributed by atoms with Gasteiger partial charge in [-0.2, -0.15) is 4.98 Å². The van der Waals surface area contributed by atoms with Crippen LogP contribution >= 0.6 is 0 Å². The van der Waals surface area contributed by atoms with Crippen LogP contribution in [0.2, 0.25) is 0 Å². The predicted molar refractivity (Wildman–Crippen MR) is 67.9 cm³/mol. The number of hydrogen-bond acceptors (Lipinski definition) is 5. The molecule has 0 aromatic carbocycles. The Morgan fingerprint density at radius 3 is 2.83 bits per heavy atom. The van der Waals surface area contributed by atoms with Crippen molar-refractivity contribution in [3.63, 3.8) is 0 Å². The molecule has 0 spiro atoms. The molecule has 0 aliphatic heterocycles. The number of pyridine rings is 1. The molecule has 2 rings (SSSR count). The van der Waals surface area contributed by atoms with Gasteiger partial charge in [-0.25, -0.2) is 0 Å². The molecule has 1 aromatic heterocycles. The van der Waals surface area contributed by atoms with E-state index in [4.69, 9.17) is 4.74 Å². The second kappa shape index (κ2) is 5.66. The molecule has 6 nitrogen and oxygen atoms in total. The quantitative estimate of drug-likeness (QED) is 0.643. The molecule has 1 aromatic rings. The van der Waals surface area contributed by atoms with Gasteiger partial charge in [0, 0.05) is 7.05 Å². The minimum Gasteiger partial charge on any atom is -0.477 e. The zero-order chi connectivity index (χ0) is 13.0. The van der Waals surface area contributed by atoms with Gasteiger partial charge in [-0.1, -0.05) is 12.8 Å². The van der Waals surface area contributed by atoms with E-state index in [0.29, 0.717) is 24.2 Å². The molecule has 1 aliphatic carbocycles. The van der Waals surface area contributed by atoms with Crippen LogP contribution in [0.25, 0.3) is 0 Å². The minimum absolute atomic E-state index is 0.00391. The Hall–Kier alpha value is -1.85. The second-order valence-electron chi connectivity index (χ2n) is 4.52. The van der Waals surface area contributed by atoms with Crippen LogP contribution in [0.4, 0.5) is 11.5 Å². The zero-order valence-electron chi connectivity index (χ0n) is 10.4. The Bertz CT molecular complexity index is 431. The topological polar surface area (TPSA) is 77.3 Å². The SMILES string of the molecule is CNc1cc([N+](=O)[O-])cc(OCC2CCCC2)n1. The van der Waals surface area contributed by atoms with E-state index < -0.39 is 4.92 Å². The van der Waals surface area contributed by atoms with Gasteiger partial charge in [-0.3, -0.25) is 10.1 Å². The van der Waals surface area contributed by atoms with Crippen LogP contribution in [0.15, 0.2) is 12.1 Å². The molecule has 1 N–H and O–H groups in total. The largest absolute Gasteiger partial charge is 0.477 e. The highest BCUT2D eigenvalue weighted by Gasteiger charge is 2.17. The molecule has 1 saturated carbocycles. The molecule has 0 atom stereocenters. The summed E-state index contributed by atoms with van der Waals surface area (Å²) in [6.45, 7) is 0.595. The summed E-state index contributed by atoms with van der Waals surface area (Å²) in [6, 6.07) is 2.76. The second-order valence-corrected chi connectivity index (χ2v) is 4.52. The Morgan fingerprint density at radius 1 is 1.50 bits per heavy atom. The van der Waals surface area contributed by atoms with Crippen LogP contribution < -0.4 is 10.1 Å². The van der Waals surface area contributed by atoms with Crippen LogP contribution in [0.3, 0.4) is 0 Å². The van der Waals surface area contributed by atoms with E-state index >= 15 is 0 Å². The van der Waals surface area contributed by atoms with Crippen molar-refractivity contribution in [3.05, 3.63) is 22.2 Å². The molecule has 0 bridgehead atoms. The molecule has 18 heavy (non-hydrogen) atoms. The summed E-state index contributed by atoms with van der Waals surface area (Å²) in [4.78, 5) is 14.5. The van der Waals surface area contributed by atoms with E-state index in [1.54, 1.807) is 7.05 Å². The van der Waals surface area contributed by atoms with E-state index in [1.165, 1.54) is 37.8 Å². The van der Waals surface area contributed by atoms with Crippen LogP contribution in [0.5, 0.6) is 5.88 Å². The number of hydrogen-bond donors (Lipinski definition) is 1. The third-order valence-corrected chi connectivity index (χ3v) is 3.20.